The van der Waals surface area contributed by atoms with Gasteiger partial charge in [0.15, 0.2) is 0 Å². The van der Waals surface area contributed by atoms with Gasteiger partial charge in [-0.1, -0.05) is 6.07 Å². The lowest BCUT2D eigenvalue weighted by Gasteiger charge is -1.89. The number of aromatic amines is 1. The molecule has 1 aromatic carbocycles. The second kappa shape index (κ2) is 3.31. The first-order valence-electron chi connectivity index (χ1n) is 4.90. The van der Waals surface area contributed by atoms with Gasteiger partial charge in [0.1, 0.15) is 10.8 Å². The van der Waals surface area contributed by atoms with Crippen LogP contribution in [0.1, 0.15) is 5.56 Å². The first kappa shape index (κ1) is 9.35. The van der Waals surface area contributed by atoms with Gasteiger partial charge in [-0.3, -0.25) is 5.10 Å². The lowest BCUT2D eigenvalue weighted by Crippen LogP contribution is -1.86. The molecule has 16 heavy (non-hydrogen) atoms. The Kier molecular flexibility index (Phi) is 1.94. The van der Waals surface area contributed by atoms with E-state index in [1.165, 1.54) is 10.3 Å². The van der Waals surface area contributed by atoms with Gasteiger partial charge in [0.2, 0.25) is 0 Å². The second-order valence-corrected chi connectivity index (χ2v) is 4.72. The molecule has 0 saturated carbocycles. The maximum absolute atomic E-state index is 5.77. The number of H-pyrrole nitrogens is 1. The number of benzene rings is 1. The number of hydrogen-bond acceptors (Lipinski definition) is 4. The number of thiazole rings is 1. The fourth-order valence-corrected chi connectivity index (χ4v) is 2.59. The predicted molar refractivity (Wildman–Crippen MR) is 66.4 cm³/mol. The van der Waals surface area contributed by atoms with Gasteiger partial charge in [0, 0.05) is 0 Å². The molecule has 3 rings (SSSR count). The molecule has 0 aliphatic heterocycles. The van der Waals surface area contributed by atoms with Crippen molar-refractivity contribution in [3.8, 4) is 10.6 Å². The fraction of sp³-hybridized carbons (Fsp3) is 0.0909. The van der Waals surface area contributed by atoms with Crippen molar-refractivity contribution in [1.29, 1.82) is 0 Å². The summed E-state index contributed by atoms with van der Waals surface area (Å²) in [4.78, 5) is 4.56. The number of rotatable bonds is 1. The van der Waals surface area contributed by atoms with E-state index in [4.69, 9.17) is 5.73 Å². The normalized spacial score (nSPS) is 11.1. The van der Waals surface area contributed by atoms with Crippen molar-refractivity contribution in [3.05, 3.63) is 30.0 Å². The molecule has 0 radical (unpaired) electrons. The Balaban J connectivity index is 2.23. The smallest absolute Gasteiger partial charge is 0.129 e. The lowest BCUT2D eigenvalue weighted by atomic mass is 10.2. The molecule has 5 heteroatoms. The average molecular weight is 230 g/mol. The molecule has 0 aliphatic carbocycles. The van der Waals surface area contributed by atoms with Crippen LogP contribution >= 0.6 is 11.3 Å². The topological polar surface area (TPSA) is 67.6 Å². The van der Waals surface area contributed by atoms with E-state index in [1.54, 1.807) is 17.5 Å². The van der Waals surface area contributed by atoms with Crippen molar-refractivity contribution in [2.45, 2.75) is 6.92 Å². The maximum Gasteiger partial charge on any atom is 0.129 e. The number of nitrogens with zero attached hydrogens (tertiary/aromatic N) is 2. The standard InChI is InChI=1S/C11H10N4S/c1-6-2-3-9-8(4-6)14-11(16-9)7-5-13-15-10(7)12/h2-5H,1H3,(H3,12,13,15). The zero-order valence-corrected chi connectivity index (χ0v) is 9.51. The minimum absolute atomic E-state index is 0.566. The van der Waals surface area contributed by atoms with Crippen LogP contribution in [0.3, 0.4) is 0 Å². The molecule has 2 aromatic heterocycles. The average Bonchev–Trinajstić information content (AvgIpc) is 2.82. The minimum Gasteiger partial charge on any atom is -0.383 e. The Morgan fingerprint density at radius 2 is 2.25 bits per heavy atom. The third-order valence-electron chi connectivity index (χ3n) is 2.44. The molecule has 2 heterocycles. The molecule has 0 saturated heterocycles. The Labute approximate surface area is 96.1 Å². The molecule has 0 fully saturated rings. The van der Waals surface area contributed by atoms with E-state index in [1.807, 2.05) is 0 Å². The van der Waals surface area contributed by atoms with Gasteiger partial charge in [0.25, 0.3) is 0 Å². The molecule has 0 spiro atoms. The second-order valence-electron chi connectivity index (χ2n) is 3.69. The van der Waals surface area contributed by atoms with E-state index in [-0.39, 0.29) is 0 Å². The molecule has 0 aliphatic rings. The molecule has 0 unspecified atom stereocenters. The summed E-state index contributed by atoms with van der Waals surface area (Å²) in [7, 11) is 0. The molecule has 0 bridgehead atoms. The number of fused-ring (bicyclic) bond motifs is 1. The number of nitrogen functional groups attached to an aromatic ring is 1. The summed E-state index contributed by atoms with van der Waals surface area (Å²) in [5.41, 5.74) is 8.87. The van der Waals surface area contributed by atoms with Crippen LogP contribution in [0.4, 0.5) is 5.82 Å². The fourth-order valence-electron chi connectivity index (χ4n) is 1.62. The maximum atomic E-state index is 5.77. The summed E-state index contributed by atoms with van der Waals surface area (Å²) in [6.07, 6.45) is 1.71. The molecule has 3 aromatic rings. The Hall–Kier alpha value is -1.88. The van der Waals surface area contributed by atoms with Gasteiger partial charge in [0.05, 0.1) is 22.0 Å². The molecule has 4 nitrogen and oxygen atoms in total. The summed E-state index contributed by atoms with van der Waals surface area (Å²) >= 11 is 1.63. The van der Waals surface area contributed by atoms with Gasteiger partial charge < -0.3 is 5.73 Å². The molecule has 0 atom stereocenters. The van der Waals surface area contributed by atoms with E-state index >= 15 is 0 Å². The van der Waals surface area contributed by atoms with Crippen LogP contribution in [0.15, 0.2) is 24.4 Å². The van der Waals surface area contributed by atoms with Gasteiger partial charge in [-0.25, -0.2) is 4.98 Å². The Bertz CT molecular complexity index is 653. The summed E-state index contributed by atoms with van der Waals surface area (Å²) in [6, 6.07) is 6.25. The summed E-state index contributed by atoms with van der Waals surface area (Å²) in [5, 5.41) is 7.53. The Morgan fingerprint density at radius 1 is 1.38 bits per heavy atom. The van der Waals surface area contributed by atoms with Gasteiger partial charge in [-0.2, -0.15) is 5.10 Å². The third kappa shape index (κ3) is 1.37. The zero-order valence-electron chi connectivity index (χ0n) is 8.69. The van der Waals surface area contributed by atoms with Crippen LogP contribution in [-0.4, -0.2) is 15.2 Å². The van der Waals surface area contributed by atoms with Gasteiger partial charge >= 0.3 is 0 Å². The van der Waals surface area contributed by atoms with Crippen LogP contribution in [0.2, 0.25) is 0 Å². The first-order valence-corrected chi connectivity index (χ1v) is 5.72. The highest BCUT2D eigenvalue weighted by atomic mass is 32.1. The van der Waals surface area contributed by atoms with Crippen molar-refractivity contribution < 1.29 is 0 Å². The lowest BCUT2D eigenvalue weighted by molar-refractivity contribution is 1.10. The van der Waals surface area contributed by atoms with E-state index in [0.29, 0.717) is 5.82 Å². The Morgan fingerprint density at radius 3 is 3.00 bits per heavy atom. The van der Waals surface area contributed by atoms with Crippen LogP contribution in [0.5, 0.6) is 0 Å². The van der Waals surface area contributed by atoms with Crippen LogP contribution < -0.4 is 5.73 Å². The number of aromatic nitrogens is 3. The van der Waals surface area contributed by atoms with Gasteiger partial charge in [-0.05, 0) is 24.6 Å². The minimum atomic E-state index is 0.566. The number of nitrogens with two attached hydrogens (primary N) is 1. The summed E-state index contributed by atoms with van der Waals surface area (Å²) < 4.78 is 1.17. The van der Waals surface area contributed by atoms with E-state index in [2.05, 4.69) is 40.3 Å². The molecular formula is C11H10N4S. The number of aryl methyl sites for hydroxylation is 1. The SMILES string of the molecule is Cc1ccc2sc(-c3cn[nH]c3N)nc2c1. The van der Waals surface area contributed by atoms with Crippen molar-refractivity contribution in [1.82, 2.24) is 15.2 Å². The summed E-state index contributed by atoms with van der Waals surface area (Å²) in [5.74, 6) is 0.566. The first-order chi connectivity index (χ1) is 7.74. The van der Waals surface area contributed by atoms with E-state index in [0.717, 1.165) is 16.1 Å². The third-order valence-corrected chi connectivity index (χ3v) is 3.51. The molecular weight excluding hydrogens is 220 g/mol. The van der Waals surface area contributed by atoms with E-state index < -0.39 is 0 Å². The van der Waals surface area contributed by atoms with Crippen molar-refractivity contribution in [2.75, 3.05) is 5.73 Å². The van der Waals surface area contributed by atoms with Crippen LogP contribution in [0, 0.1) is 6.92 Å². The van der Waals surface area contributed by atoms with Crippen LogP contribution in [-0.2, 0) is 0 Å². The molecule has 80 valence electrons. The van der Waals surface area contributed by atoms with Crippen molar-refractivity contribution in [3.63, 3.8) is 0 Å². The number of anilines is 1. The van der Waals surface area contributed by atoms with Crippen molar-refractivity contribution in [2.24, 2.45) is 0 Å². The predicted octanol–water partition coefficient (Wildman–Crippen LogP) is 2.58. The highest BCUT2D eigenvalue weighted by Crippen LogP contribution is 2.32. The van der Waals surface area contributed by atoms with Crippen molar-refractivity contribution >= 4 is 27.4 Å². The summed E-state index contributed by atoms with van der Waals surface area (Å²) in [6.45, 7) is 2.06. The van der Waals surface area contributed by atoms with Gasteiger partial charge in [-0.15, -0.1) is 11.3 Å². The van der Waals surface area contributed by atoms with E-state index in [9.17, 15) is 0 Å². The number of nitrogens with one attached hydrogen (secondary N) is 1. The highest BCUT2D eigenvalue weighted by Gasteiger charge is 2.10. The quantitative estimate of drug-likeness (QED) is 0.675. The molecule has 3 N–H and O–H groups in total. The monoisotopic (exact) mass is 230 g/mol. The van der Waals surface area contributed by atoms with Crippen LogP contribution in [0.25, 0.3) is 20.8 Å². The number of hydrogen-bond donors (Lipinski definition) is 2. The zero-order chi connectivity index (χ0) is 11.1. The largest absolute Gasteiger partial charge is 0.383 e. The highest BCUT2D eigenvalue weighted by molar-refractivity contribution is 7.21. The molecule has 0 amide bonds.